The molecule has 5 nitrogen and oxygen atoms in total. The lowest BCUT2D eigenvalue weighted by atomic mass is 9.81. The molecule has 2 aliphatic rings. The number of amidine groups is 1. The van der Waals surface area contributed by atoms with Crippen LogP contribution in [0, 0.1) is 5.82 Å². The topological polar surface area (TPSA) is 50.1 Å². The van der Waals surface area contributed by atoms with Crippen LogP contribution in [-0.2, 0) is 5.54 Å². The standard InChI is InChI=1S/C24H18F4N4O/c25-20-12-17(13-29-14-20)16-3-1-4-19(11-16)23(22-30-9-2-10-32(22)15-31-23)18-5-7-21(8-6-18)33-24(26,27)28/h1,3-8,11-15H,2,9-10H2. The van der Waals surface area contributed by atoms with Crippen LogP contribution in [0.1, 0.15) is 17.5 Å². The molecule has 0 saturated carbocycles. The third kappa shape index (κ3) is 3.94. The van der Waals surface area contributed by atoms with Crippen LogP contribution >= 0.6 is 0 Å². The van der Waals surface area contributed by atoms with Crippen molar-refractivity contribution in [2.24, 2.45) is 9.98 Å². The Morgan fingerprint density at radius 2 is 1.76 bits per heavy atom. The van der Waals surface area contributed by atoms with E-state index in [1.165, 1.54) is 18.2 Å². The zero-order valence-electron chi connectivity index (χ0n) is 17.3. The molecule has 0 amide bonds. The Hall–Kier alpha value is -3.75. The van der Waals surface area contributed by atoms with Crippen LogP contribution in [0.3, 0.4) is 0 Å². The number of aliphatic imine (C=N–C) groups is 2. The number of fused-ring (bicyclic) bond motifs is 1. The fourth-order valence-corrected chi connectivity index (χ4v) is 4.24. The first-order valence-electron chi connectivity index (χ1n) is 10.3. The number of hydrogen-bond acceptors (Lipinski definition) is 5. The average Bonchev–Trinajstić information content (AvgIpc) is 3.19. The fourth-order valence-electron chi connectivity index (χ4n) is 4.24. The molecular formula is C24H18F4N4O. The summed E-state index contributed by atoms with van der Waals surface area (Å²) in [5.74, 6) is -0.0623. The Balaban J connectivity index is 1.63. The molecule has 0 saturated heterocycles. The highest BCUT2D eigenvalue weighted by Crippen LogP contribution is 2.42. The summed E-state index contributed by atoms with van der Waals surface area (Å²) in [7, 11) is 0. The first-order valence-corrected chi connectivity index (χ1v) is 10.3. The molecule has 3 heterocycles. The lowest BCUT2D eigenvalue weighted by Gasteiger charge is -2.33. The van der Waals surface area contributed by atoms with Gasteiger partial charge in [0.1, 0.15) is 17.4 Å². The summed E-state index contributed by atoms with van der Waals surface area (Å²) >= 11 is 0. The summed E-state index contributed by atoms with van der Waals surface area (Å²) in [6.07, 6.45) is 0.519. The molecule has 0 N–H and O–H groups in total. The highest BCUT2D eigenvalue weighted by Gasteiger charge is 2.46. The molecule has 2 aliphatic heterocycles. The molecule has 3 aromatic rings. The highest BCUT2D eigenvalue weighted by molar-refractivity contribution is 6.07. The summed E-state index contributed by atoms with van der Waals surface area (Å²) in [6, 6.07) is 14.5. The Labute approximate surface area is 187 Å². The predicted molar refractivity (Wildman–Crippen MR) is 116 cm³/mol. The molecule has 1 unspecified atom stereocenters. The normalized spacial score (nSPS) is 19.9. The molecule has 0 radical (unpaired) electrons. The lowest BCUT2D eigenvalue weighted by molar-refractivity contribution is -0.274. The maximum absolute atomic E-state index is 13.8. The van der Waals surface area contributed by atoms with Gasteiger partial charge in [0, 0.05) is 24.8 Å². The van der Waals surface area contributed by atoms with Gasteiger partial charge in [0.15, 0.2) is 5.54 Å². The number of alkyl halides is 3. The van der Waals surface area contributed by atoms with Crippen molar-refractivity contribution in [3.63, 3.8) is 0 Å². The van der Waals surface area contributed by atoms with Gasteiger partial charge in [-0.3, -0.25) is 15.0 Å². The third-order valence-corrected chi connectivity index (χ3v) is 5.63. The zero-order valence-corrected chi connectivity index (χ0v) is 17.3. The van der Waals surface area contributed by atoms with Gasteiger partial charge in [-0.15, -0.1) is 13.2 Å². The molecule has 9 heteroatoms. The number of nitrogens with zero attached hydrogens (tertiary/aromatic N) is 4. The van der Waals surface area contributed by atoms with E-state index in [1.54, 1.807) is 24.7 Å². The molecule has 5 rings (SSSR count). The van der Waals surface area contributed by atoms with E-state index in [2.05, 4.69) is 9.72 Å². The third-order valence-electron chi connectivity index (χ3n) is 5.63. The van der Waals surface area contributed by atoms with E-state index in [4.69, 9.17) is 9.98 Å². The number of aromatic nitrogens is 1. The van der Waals surface area contributed by atoms with E-state index >= 15 is 0 Å². The van der Waals surface area contributed by atoms with Crippen molar-refractivity contribution in [2.75, 3.05) is 13.1 Å². The van der Waals surface area contributed by atoms with Crippen LogP contribution in [0.4, 0.5) is 17.6 Å². The van der Waals surface area contributed by atoms with Crippen molar-refractivity contribution in [3.8, 4) is 16.9 Å². The smallest absolute Gasteiger partial charge is 0.406 e. The van der Waals surface area contributed by atoms with Gasteiger partial charge < -0.3 is 9.64 Å². The minimum Gasteiger partial charge on any atom is -0.406 e. The first kappa shape index (κ1) is 21.1. The Morgan fingerprint density at radius 3 is 2.52 bits per heavy atom. The number of benzene rings is 2. The van der Waals surface area contributed by atoms with Gasteiger partial charge in [0.25, 0.3) is 0 Å². The number of hydrogen-bond donors (Lipinski definition) is 0. The monoisotopic (exact) mass is 454 g/mol. The van der Waals surface area contributed by atoms with Crippen LogP contribution in [0.25, 0.3) is 11.1 Å². The van der Waals surface area contributed by atoms with Crippen LogP contribution in [-0.4, -0.2) is 41.5 Å². The summed E-state index contributed by atoms with van der Waals surface area (Å²) in [5.41, 5.74) is 1.69. The SMILES string of the molecule is Fc1cncc(-c2cccc(C3(c4ccc(OC(F)(F)F)cc4)N=CN4CCCN=C43)c2)c1. The van der Waals surface area contributed by atoms with E-state index in [0.717, 1.165) is 30.3 Å². The number of ether oxygens (including phenoxy) is 1. The van der Waals surface area contributed by atoms with Gasteiger partial charge in [-0.25, -0.2) is 4.39 Å². The highest BCUT2D eigenvalue weighted by atomic mass is 19.4. The average molecular weight is 454 g/mol. The molecule has 2 aromatic carbocycles. The summed E-state index contributed by atoms with van der Waals surface area (Å²) in [5, 5.41) is 0. The quantitative estimate of drug-likeness (QED) is 0.511. The van der Waals surface area contributed by atoms with Gasteiger partial charge in [-0.05, 0) is 47.4 Å². The molecule has 0 aliphatic carbocycles. The van der Waals surface area contributed by atoms with E-state index < -0.39 is 17.7 Å². The molecule has 0 bridgehead atoms. The minimum absolute atomic E-state index is 0.314. The first-order chi connectivity index (χ1) is 15.8. The van der Waals surface area contributed by atoms with Crippen LogP contribution in [0.15, 0.2) is 77.0 Å². The van der Waals surface area contributed by atoms with Crippen LogP contribution in [0.5, 0.6) is 5.75 Å². The molecule has 33 heavy (non-hydrogen) atoms. The molecule has 1 aromatic heterocycles. The molecule has 168 valence electrons. The second-order valence-electron chi connectivity index (χ2n) is 7.75. The van der Waals surface area contributed by atoms with E-state index in [-0.39, 0.29) is 5.75 Å². The molecule has 0 fully saturated rings. The summed E-state index contributed by atoms with van der Waals surface area (Å²) < 4.78 is 55.7. The number of pyridine rings is 1. The van der Waals surface area contributed by atoms with Gasteiger partial charge in [0.05, 0.1) is 12.5 Å². The van der Waals surface area contributed by atoms with Crippen molar-refractivity contribution in [1.82, 2.24) is 9.88 Å². The van der Waals surface area contributed by atoms with Crippen molar-refractivity contribution < 1.29 is 22.3 Å². The van der Waals surface area contributed by atoms with Gasteiger partial charge in [-0.2, -0.15) is 0 Å². The lowest BCUT2D eigenvalue weighted by Crippen LogP contribution is -2.43. The van der Waals surface area contributed by atoms with Gasteiger partial charge >= 0.3 is 6.36 Å². The second kappa shape index (κ2) is 7.99. The van der Waals surface area contributed by atoms with E-state index in [1.807, 2.05) is 29.2 Å². The number of rotatable bonds is 4. The van der Waals surface area contributed by atoms with E-state index in [0.29, 0.717) is 23.5 Å². The zero-order chi connectivity index (χ0) is 23.1. The predicted octanol–water partition coefficient (Wildman–Crippen LogP) is 5.18. The Kier molecular flexibility index (Phi) is 5.11. The van der Waals surface area contributed by atoms with Crippen molar-refractivity contribution in [2.45, 2.75) is 18.3 Å². The maximum Gasteiger partial charge on any atom is 0.573 e. The van der Waals surface area contributed by atoms with Gasteiger partial charge in [-0.1, -0.05) is 30.3 Å². The maximum atomic E-state index is 13.8. The fraction of sp³-hybridized carbons (Fsp3) is 0.208. The summed E-state index contributed by atoms with van der Waals surface area (Å²) in [6.45, 7) is 1.37. The largest absolute Gasteiger partial charge is 0.573 e. The van der Waals surface area contributed by atoms with Crippen molar-refractivity contribution in [1.29, 1.82) is 0 Å². The molecular weight excluding hydrogens is 436 g/mol. The van der Waals surface area contributed by atoms with Crippen molar-refractivity contribution >= 4 is 12.2 Å². The van der Waals surface area contributed by atoms with Crippen molar-refractivity contribution in [3.05, 3.63) is 83.9 Å². The van der Waals surface area contributed by atoms with Crippen LogP contribution in [0.2, 0.25) is 0 Å². The Morgan fingerprint density at radius 1 is 0.939 bits per heavy atom. The number of halogens is 4. The molecule has 0 spiro atoms. The minimum atomic E-state index is -4.78. The Bertz CT molecular complexity index is 1240. The molecule has 1 atom stereocenters. The van der Waals surface area contributed by atoms with Crippen LogP contribution < -0.4 is 4.74 Å². The summed E-state index contributed by atoms with van der Waals surface area (Å²) in [4.78, 5) is 15.4. The van der Waals surface area contributed by atoms with E-state index in [9.17, 15) is 17.6 Å². The second-order valence-corrected chi connectivity index (χ2v) is 7.75. The van der Waals surface area contributed by atoms with Gasteiger partial charge in [0.2, 0.25) is 0 Å².